The summed E-state index contributed by atoms with van der Waals surface area (Å²) < 4.78 is 0. The third-order valence-corrected chi connectivity index (χ3v) is 5.51. The molecule has 0 spiro atoms. The smallest absolute Gasteiger partial charge is 0.320 e. The molecule has 1 aromatic heterocycles. The van der Waals surface area contributed by atoms with Gasteiger partial charge in [-0.05, 0) is 49.9 Å². The van der Waals surface area contributed by atoms with Crippen LogP contribution in [0, 0.1) is 6.92 Å². The van der Waals surface area contributed by atoms with Crippen LogP contribution >= 0.6 is 0 Å². The van der Waals surface area contributed by atoms with Gasteiger partial charge in [-0.1, -0.05) is 30.3 Å². The van der Waals surface area contributed by atoms with Crippen molar-refractivity contribution in [1.29, 1.82) is 0 Å². The fraction of sp³-hybridized carbons (Fsp3) is 0.304. The molecule has 0 aliphatic carbocycles. The Morgan fingerprint density at radius 3 is 2.50 bits per heavy atom. The van der Waals surface area contributed by atoms with E-state index in [1.54, 1.807) is 19.1 Å². The molecule has 9 nitrogen and oxygen atoms in total. The molecule has 0 bridgehead atoms. The topological polar surface area (TPSA) is 129 Å². The summed E-state index contributed by atoms with van der Waals surface area (Å²) in [6.45, 7) is 3.60. The molecule has 1 aliphatic heterocycles. The molecule has 2 aromatic carbocycles. The van der Waals surface area contributed by atoms with Gasteiger partial charge in [-0.15, -0.1) is 0 Å². The average molecular weight is 434 g/mol. The summed E-state index contributed by atoms with van der Waals surface area (Å²) in [6, 6.07) is 13.7. The first-order chi connectivity index (χ1) is 15.5. The quantitative estimate of drug-likeness (QED) is 0.475. The number of benzene rings is 2. The van der Waals surface area contributed by atoms with E-state index < -0.39 is 18.0 Å². The van der Waals surface area contributed by atoms with Crippen LogP contribution in [0.15, 0.2) is 48.5 Å². The summed E-state index contributed by atoms with van der Waals surface area (Å²) >= 11 is 0. The van der Waals surface area contributed by atoms with Crippen LogP contribution in [0.4, 0.5) is 16.2 Å². The fourth-order valence-corrected chi connectivity index (χ4v) is 3.92. The number of aromatic nitrogens is 3. The van der Waals surface area contributed by atoms with Gasteiger partial charge < -0.3 is 21.3 Å². The third-order valence-electron chi connectivity index (χ3n) is 5.51. The Hall–Kier alpha value is -3.88. The van der Waals surface area contributed by atoms with Crippen LogP contribution < -0.4 is 21.3 Å². The zero-order valence-corrected chi connectivity index (χ0v) is 18.0. The van der Waals surface area contributed by atoms with Crippen LogP contribution in [0.3, 0.4) is 0 Å². The lowest BCUT2D eigenvalue weighted by Gasteiger charge is -2.31. The van der Waals surface area contributed by atoms with Crippen LogP contribution in [0.25, 0.3) is 0 Å². The van der Waals surface area contributed by atoms with Gasteiger partial charge in [0.15, 0.2) is 5.82 Å². The summed E-state index contributed by atoms with van der Waals surface area (Å²) in [4.78, 5) is 31.4. The maximum absolute atomic E-state index is 13.1. The molecule has 0 saturated carbocycles. The number of aromatic amines is 1. The summed E-state index contributed by atoms with van der Waals surface area (Å²) in [7, 11) is 0. The molecule has 1 saturated heterocycles. The van der Waals surface area contributed by atoms with Crippen LogP contribution in [-0.2, 0) is 0 Å². The highest BCUT2D eigenvalue weighted by molar-refractivity contribution is 5.99. The van der Waals surface area contributed by atoms with E-state index in [4.69, 9.17) is 5.73 Å². The monoisotopic (exact) mass is 433 g/mol. The van der Waals surface area contributed by atoms with Crippen LogP contribution in [0.5, 0.6) is 0 Å². The molecule has 4 rings (SSSR count). The highest BCUT2D eigenvalue weighted by Crippen LogP contribution is 2.30. The number of hydrogen-bond acceptors (Lipinski definition) is 5. The Labute approximate surface area is 186 Å². The molecule has 0 radical (unpaired) electrons. The zero-order chi connectivity index (χ0) is 22.5. The van der Waals surface area contributed by atoms with Crippen molar-refractivity contribution >= 4 is 23.3 Å². The van der Waals surface area contributed by atoms with E-state index in [1.807, 2.05) is 36.4 Å². The van der Waals surface area contributed by atoms with Crippen molar-refractivity contribution in [2.24, 2.45) is 5.73 Å². The van der Waals surface area contributed by atoms with E-state index in [-0.39, 0.29) is 0 Å². The zero-order valence-electron chi connectivity index (χ0n) is 18.0. The maximum Gasteiger partial charge on any atom is 0.320 e. The van der Waals surface area contributed by atoms with E-state index in [0.717, 1.165) is 37.2 Å². The first-order valence-electron chi connectivity index (χ1n) is 10.7. The third kappa shape index (κ3) is 4.88. The van der Waals surface area contributed by atoms with Gasteiger partial charge in [-0.25, -0.2) is 9.78 Å². The molecular weight excluding hydrogens is 406 g/mol. The van der Waals surface area contributed by atoms with Gasteiger partial charge >= 0.3 is 6.03 Å². The Morgan fingerprint density at radius 2 is 1.84 bits per heavy atom. The first kappa shape index (κ1) is 21.4. The van der Waals surface area contributed by atoms with Gasteiger partial charge in [0.1, 0.15) is 11.9 Å². The van der Waals surface area contributed by atoms with E-state index in [2.05, 4.69) is 30.7 Å². The molecule has 1 aliphatic rings. The number of nitrogens with zero attached hydrogens (tertiary/aromatic N) is 3. The summed E-state index contributed by atoms with van der Waals surface area (Å²) in [5.41, 5.74) is 8.08. The van der Waals surface area contributed by atoms with Crippen LogP contribution in [-0.4, -0.2) is 40.2 Å². The molecule has 3 amide bonds. The number of nitrogens with two attached hydrogens (primary N) is 1. The maximum atomic E-state index is 13.1. The highest BCUT2D eigenvalue weighted by atomic mass is 16.2. The molecule has 166 valence electrons. The van der Waals surface area contributed by atoms with E-state index in [1.165, 1.54) is 6.42 Å². The predicted molar refractivity (Wildman–Crippen MR) is 123 cm³/mol. The van der Waals surface area contributed by atoms with Crippen LogP contribution in [0.1, 0.15) is 52.9 Å². The fourth-order valence-electron chi connectivity index (χ4n) is 3.92. The Morgan fingerprint density at radius 1 is 1.09 bits per heavy atom. The number of hydrogen-bond donors (Lipinski definition) is 4. The molecule has 32 heavy (non-hydrogen) atoms. The lowest BCUT2D eigenvalue weighted by atomic mass is 10.1. The summed E-state index contributed by atoms with van der Waals surface area (Å²) in [6.07, 6.45) is 3.36. The normalized spacial score (nSPS) is 14.6. The minimum atomic E-state index is -0.544. The van der Waals surface area contributed by atoms with E-state index >= 15 is 0 Å². The SMILES string of the molecule is Cc1nc(C(NC(=O)Nc2cc(C(N)=O)ccc2N2CCCCC2)c2ccccc2)n[nH]1. The molecule has 1 fully saturated rings. The second-order valence-electron chi connectivity index (χ2n) is 7.87. The van der Waals surface area contributed by atoms with Crippen molar-refractivity contribution in [3.05, 3.63) is 71.3 Å². The van der Waals surface area contributed by atoms with Crippen LogP contribution in [0.2, 0.25) is 0 Å². The Kier molecular flexibility index (Phi) is 6.34. The minimum Gasteiger partial charge on any atom is -0.370 e. The van der Waals surface area contributed by atoms with Crippen molar-refractivity contribution in [3.8, 4) is 0 Å². The number of piperidine rings is 1. The lowest BCUT2D eigenvalue weighted by molar-refractivity contribution is 0.100. The first-order valence-corrected chi connectivity index (χ1v) is 10.7. The molecule has 5 N–H and O–H groups in total. The van der Waals surface area contributed by atoms with Gasteiger partial charge in [0, 0.05) is 18.7 Å². The number of carbonyl (C=O) groups is 2. The van der Waals surface area contributed by atoms with Crippen molar-refractivity contribution in [3.63, 3.8) is 0 Å². The number of anilines is 2. The largest absolute Gasteiger partial charge is 0.370 e. The number of aryl methyl sites for hydroxylation is 1. The number of H-pyrrole nitrogens is 1. The number of primary amides is 1. The van der Waals surface area contributed by atoms with Crippen molar-refractivity contribution in [1.82, 2.24) is 20.5 Å². The lowest BCUT2D eigenvalue weighted by Crippen LogP contribution is -2.35. The molecule has 3 aromatic rings. The molecular formula is C23H27N7O2. The van der Waals surface area contributed by atoms with Crippen molar-refractivity contribution < 1.29 is 9.59 Å². The number of rotatable bonds is 6. The predicted octanol–water partition coefficient (Wildman–Crippen LogP) is 3.11. The second-order valence-corrected chi connectivity index (χ2v) is 7.87. The van der Waals surface area contributed by atoms with Crippen molar-refractivity contribution in [2.45, 2.75) is 32.2 Å². The van der Waals surface area contributed by atoms with Gasteiger partial charge in [-0.3, -0.25) is 9.89 Å². The van der Waals surface area contributed by atoms with Gasteiger partial charge in [0.25, 0.3) is 0 Å². The Bertz CT molecular complexity index is 1090. The number of nitrogens with one attached hydrogen (secondary N) is 3. The number of amides is 3. The second kappa shape index (κ2) is 9.51. The van der Waals surface area contributed by atoms with Gasteiger partial charge in [0.05, 0.1) is 11.4 Å². The summed E-state index contributed by atoms with van der Waals surface area (Å²) in [5, 5.41) is 12.9. The molecule has 9 heteroatoms. The Balaban J connectivity index is 1.60. The molecule has 1 unspecified atom stereocenters. The summed E-state index contributed by atoms with van der Waals surface area (Å²) in [5.74, 6) is 0.577. The molecule has 2 heterocycles. The van der Waals surface area contributed by atoms with Gasteiger partial charge in [-0.2, -0.15) is 5.10 Å². The van der Waals surface area contributed by atoms with E-state index in [9.17, 15) is 9.59 Å². The van der Waals surface area contributed by atoms with Gasteiger partial charge in [0.2, 0.25) is 5.91 Å². The highest BCUT2D eigenvalue weighted by Gasteiger charge is 2.23. The van der Waals surface area contributed by atoms with E-state index in [0.29, 0.717) is 22.9 Å². The average Bonchev–Trinajstić information content (AvgIpc) is 3.24. The number of carbonyl (C=O) groups excluding carboxylic acids is 2. The van der Waals surface area contributed by atoms with Crippen molar-refractivity contribution in [2.75, 3.05) is 23.3 Å². The number of urea groups is 1. The standard InChI is InChI=1S/C23H27N7O2/c1-15-25-22(29-28-15)20(16-8-4-2-5-9-16)27-23(32)26-18-14-17(21(24)31)10-11-19(18)30-12-6-3-7-13-30/h2,4-5,8-11,14,20H,3,6-7,12-13H2,1H3,(H2,24,31)(H,25,28,29)(H2,26,27,32). The molecule has 1 atom stereocenters. The minimum absolute atomic E-state index is 0.338.